The van der Waals surface area contributed by atoms with Gasteiger partial charge in [0.15, 0.2) is 0 Å². The molecule has 10 heteroatoms. The number of hydrogen-bond donors (Lipinski definition) is 2. The average molecular weight is 663 g/mol. The fourth-order valence-electron chi connectivity index (χ4n) is 4.96. The zero-order valence-corrected chi connectivity index (χ0v) is 28.0. The zero-order valence-electron chi connectivity index (χ0n) is 28.0. The maximum atomic E-state index is 11.6. The summed E-state index contributed by atoms with van der Waals surface area (Å²) in [6.45, 7) is 0.333. The molecule has 0 aromatic heterocycles. The van der Waals surface area contributed by atoms with E-state index in [1.165, 1.54) is 0 Å². The molecule has 0 radical (unpaired) electrons. The summed E-state index contributed by atoms with van der Waals surface area (Å²) in [6, 6.07) is 29.9. The first-order chi connectivity index (χ1) is 23.5. The van der Waals surface area contributed by atoms with E-state index in [2.05, 4.69) is 0 Å². The summed E-state index contributed by atoms with van der Waals surface area (Å²) in [6.07, 6.45) is -3.84. The third kappa shape index (κ3) is 11.2. The van der Waals surface area contributed by atoms with Crippen LogP contribution in [0.15, 0.2) is 97.1 Å². The van der Waals surface area contributed by atoms with E-state index in [1.54, 1.807) is 28.4 Å². The summed E-state index contributed by atoms with van der Waals surface area (Å²) in [5.41, 5.74) is 3.52. The van der Waals surface area contributed by atoms with Crippen LogP contribution in [0, 0.1) is 0 Å². The van der Waals surface area contributed by atoms with Crippen LogP contribution in [-0.4, -0.2) is 76.3 Å². The van der Waals surface area contributed by atoms with Crippen LogP contribution in [0.5, 0.6) is 23.0 Å². The highest BCUT2D eigenvalue weighted by atomic mass is 16.6. The second-order valence-electron chi connectivity index (χ2n) is 11.1. The monoisotopic (exact) mass is 662 g/mol. The van der Waals surface area contributed by atoms with E-state index in [-0.39, 0.29) is 39.6 Å². The molecule has 0 amide bonds. The minimum atomic E-state index is -1.14. The number of ether oxygens (including phenoxy) is 8. The molecule has 0 aliphatic carbocycles. The molecule has 0 heterocycles. The molecule has 0 aliphatic rings. The van der Waals surface area contributed by atoms with Crippen molar-refractivity contribution >= 4 is 0 Å². The van der Waals surface area contributed by atoms with Gasteiger partial charge in [0.25, 0.3) is 0 Å². The molecular formula is C38H46O10. The number of rotatable bonds is 21. The smallest absolute Gasteiger partial charge is 0.118 e. The van der Waals surface area contributed by atoms with Crippen molar-refractivity contribution in [3.63, 3.8) is 0 Å². The van der Waals surface area contributed by atoms with Crippen LogP contribution in [0.3, 0.4) is 0 Å². The first-order valence-corrected chi connectivity index (χ1v) is 15.7. The summed E-state index contributed by atoms with van der Waals surface area (Å²) in [5.74, 6) is 2.90. The van der Waals surface area contributed by atoms with E-state index >= 15 is 0 Å². The molecule has 0 saturated heterocycles. The molecule has 4 aromatic rings. The van der Waals surface area contributed by atoms with Gasteiger partial charge in [0.2, 0.25) is 0 Å². The molecule has 258 valence electrons. The van der Waals surface area contributed by atoms with E-state index in [0.29, 0.717) is 0 Å². The Labute approximate surface area is 282 Å². The van der Waals surface area contributed by atoms with Crippen LogP contribution in [0.25, 0.3) is 0 Å². The van der Waals surface area contributed by atoms with Crippen molar-refractivity contribution in [1.82, 2.24) is 0 Å². The Morgan fingerprint density at radius 1 is 0.458 bits per heavy atom. The van der Waals surface area contributed by atoms with Crippen molar-refractivity contribution in [3.8, 4) is 23.0 Å². The molecule has 0 unspecified atom stereocenters. The van der Waals surface area contributed by atoms with Crippen LogP contribution >= 0.6 is 0 Å². The third-order valence-corrected chi connectivity index (χ3v) is 7.79. The van der Waals surface area contributed by atoms with Gasteiger partial charge in [-0.2, -0.15) is 0 Å². The van der Waals surface area contributed by atoms with E-state index in [4.69, 9.17) is 37.9 Å². The number of aliphatic hydroxyl groups is 2. The van der Waals surface area contributed by atoms with Gasteiger partial charge in [0.05, 0.1) is 68.1 Å². The number of benzene rings is 4. The quantitative estimate of drug-likeness (QED) is 0.121. The predicted molar refractivity (Wildman–Crippen MR) is 180 cm³/mol. The lowest BCUT2D eigenvalue weighted by Gasteiger charge is -2.35. The van der Waals surface area contributed by atoms with Crippen LogP contribution in [0.1, 0.15) is 22.3 Å². The zero-order chi connectivity index (χ0) is 34.1. The highest BCUT2D eigenvalue weighted by molar-refractivity contribution is 5.29. The lowest BCUT2D eigenvalue weighted by Crippen LogP contribution is -2.51. The van der Waals surface area contributed by atoms with Gasteiger partial charge in [-0.15, -0.1) is 0 Å². The van der Waals surface area contributed by atoms with Gasteiger partial charge in [-0.3, -0.25) is 0 Å². The van der Waals surface area contributed by atoms with Gasteiger partial charge < -0.3 is 48.1 Å². The first-order valence-electron chi connectivity index (χ1n) is 15.7. The summed E-state index contributed by atoms with van der Waals surface area (Å²) in [7, 11) is 6.43. The number of hydrogen-bond acceptors (Lipinski definition) is 10. The van der Waals surface area contributed by atoms with Crippen molar-refractivity contribution < 1.29 is 48.1 Å². The molecule has 0 aliphatic heterocycles. The Morgan fingerprint density at radius 2 is 0.792 bits per heavy atom. The lowest BCUT2D eigenvalue weighted by molar-refractivity contribution is -0.193. The Bertz CT molecular complexity index is 1440. The SMILES string of the molecule is COc1ccc(COC[C@H](O)[C@@H](OCc2ccc(OC)cc2)[C@@H](OCc2ccc(OC)cc2)[C@@H](CO)OCc2ccc(OC)cc2)cc1. The van der Waals surface area contributed by atoms with Gasteiger partial charge in [-0.05, 0) is 70.8 Å². The molecule has 0 spiro atoms. The molecule has 2 N–H and O–H groups in total. The Kier molecular flexibility index (Phi) is 15.0. The minimum absolute atomic E-state index is 0.0572. The Balaban J connectivity index is 1.56. The van der Waals surface area contributed by atoms with Gasteiger partial charge >= 0.3 is 0 Å². The van der Waals surface area contributed by atoms with Gasteiger partial charge in [0, 0.05) is 0 Å². The van der Waals surface area contributed by atoms with Gasteiger partial charge in [-0.25, -0.2) is 0 Å². The van der Waals surface area contributed by atoms with E-state index in [9.17, 15) is 10.2 Å². The second kappa shape index (κ2) is 19.6. The molecule has 0 saturated carbocycles. The van der Waals surface area contributed by atoms with Crippen molar-refractivity contribution in [1.29, 1.82) is 0 Å². The largest absolute Gasteiger partial charge is 0.497 e. The maximum Gasteiger partial charge on any atom is 0.118 e. The predicted octanol–water partition coefficient (Wildman–Crippen LogP) is 5.35. The van der Waals surface area contributed by atoms with Gasteiger partial charge in [-0.1, -0.05) is 48.5 Å². The van der Waals surface area contributed by atoms with Gasteiger partial charge in [0.1, 0.15) is 47.4 Å². The Morgan fingerprint density at radius 3 is 1.15 bits per heavy atom. The van der Waals surface area contributed by atoms with Crippen LogP contribution in [0.4, 0.5) is 0 Å². The van der Waals surface area contributed by atoms with Crippen LogP contribution in [-0.2, 0) is 45.4 Å². The van der Waals surface area contributed by atoms with Crippen molar-refractivity contribution in [2.45, 2.75) is 50.8 Å². The van der Waals surface area contributed by atoms with Crippen molar-refractivity contribution in [3.05, 3.63) is 119 Å². The average Bonchev–Trinajstić information content (AvgIpc) is 3.14. The molecule has 4 rings (SSSR count). The standard InChI is InChI=1S/C38H46O10/c1-41-31-13-5-27(6-14-31)22-45-26-35(40)37(47-24-29-9-17-33(43-3)18-10-29)38(48-25-30-11-19-34(44-4)20-12-30)36(21-39)46-23-28-7-15-32(42-2)16-8-28/h5-20,35-40H,21-26H2,1-4H3/t35-,36+,37+,38-/m0/s1. The molecule has 4 atom stereocenters. The summed E-state index contributed by atoms with van der Waals surface area (Å²) in [4.78, 5) is 0. The van der Waals surface area contributed by atoms with Crippen molar-refractivity contribution in [2.24, 2.45) is 0 Å². The minimum Gasteiger partial charge on any atom is -0.497 e. The van der Waals surface area contributed by atoms with E-state index in [0.717, 1.165) is 45.3 Å². The molecular weight excluding hydrogens is 616 g/mol. The Hall–Kier alpha value is -4.16. The van der Waals surface area contributed by atoms with Crippen LogP contribution < -0.4 is 18.9 Å². The third-order valence-electron chi connectivity index (χ3n) is 7.79. The molecule has 10 nitrogen and oxygen atoms in total. The molecule has 48 heavy (non-hydrogen) atoms. The van der Waals surface area contributed by atoms with E-state index < -0.39 is 24.4 Å². The molecule has 0 fully saturated rings. The van der Waals surface area contributed by atoms with Crippen LogP contribution in [0.2, 0.25) is 0 Å². The lowest BCUT2D eigenvalue weighted by atomic mass is 10.0. The fraction of sp³-hybridized carbons (Fsp3) is 0.368. The summed E-state index contributed by atoms with van der Waals surface area (Å²) < 4.78 is 46.2. The number of methoxy groups -OCH3 is 4. The molecule has 0 bridgehead atoms. The number of aliphatic hydroxyl groups excluding tert-OH is 2. The maximum absolute atomic E-state index is 11.6. The molecule has 4 aromatic carbocycles. The van der Waals surface area contributed by atoms with E-state index in [1.807, 2.05) is 97.1 Å². The highest BCUT2D eigenvalue weighted by Gasteiger charge is 2.37. The normalized spacial score (nSPS) is 13.7. The topological polar surface area (TPSA) is 114 Å². The first kappa shape index (κ1) is 36.7. The van der Waals surface area contributed by atoms with Crippen molar-refractivity contribution in [2.75, 3.05) is 41.7 Å². The fourth-order valence-corrected chi connectivity index (χ4v) is 4.96. The summed E-state index contributed by atoms with van der Waals surface area (Å²) >= 11 is 0. The highest BCUT2D eigenvalue weighted by Crippen LogP contribution is 2.23. The summed E-state index contributed by atoms with van der Waals surface area (Å²) in [5, 5.41) is 22.2. The second-order valence-corrected chi connectivity index (χ2v) is 11.1.